The number of carbonyl (C=O) groups excluding carboxylic acids is 1. The summed E-state index contributed by atoms with van der Waals surface area (Å²) in [6.07, 6.45) is 1.75. The molecule has 1 aliphatic heterocycles. The van der Waals surface area contributed by atoms with E-state index >= 15 is 0 Å². The third-order valence-electron chi connectivity index (χ3n) is 4.57. The molecule has 1 fully saturated rings. The van der Waals surface area contributed by atoms with E-state index < -0.39 is 17.6 Å². The average Bonchev–Trinajstić information content (AvgIpc) is 3.13. The van der Waals surface area contributed by atoms with Crippen molar-refractivity contribution in [2.45, 2.75) is 19.5 Å². The van der Waals surface area contributed by atoms with Gasteiger partial charge in [-0.15, -0.1) is 0 Å². The molecule has 1 amide bonds. The molecule has 27 heavy (non-hydrogen) atoms. The molecule has 0 atom stereocenters. The first-order chi connectivity index (χ1) is 12.9. The lowest BCUT2D eigenvalue weighted by Crippen LogP contribution is -2.48. The lowest BCUT2D eigenvalue weighted by Gasteiger charge is -2.34. The molecule has 1 aromatic heterocycles. The Morgan fingerprint density at radius 1 is 1.11 bits per heavy atom. The fourth-order valence-electron chi connectivity index (χ4n) is 3.04. The van der Waals surface area contributed by atoms with Crippen molar-refractivity contribution in [2.75, 3.05) is 26.2 Å². The summed E-state index contributed by atoms with van der Waals surface area (Å²) in [6.45, 7) is 2.78. The van der Waals surface area contributed by atoms with Crippen LogP contribution in [0.3, 0.4) is 0 Å². The first kappa shape index (κ1) is 19.0. The number of carboxylic acids is 1. The predicted octanol–water partition coefficient (Wildman–Crippen LogP) is 1.59. The van der Waals surface area contributed by atoms with Crippen molar-refractivity contribution in [1.29, 1.82) is 0 Å². The quantitative estimate of drug-likeness (QED) is 0.826. The topological polar surface area (TPSA) is 78.7 Å². The smallest absolute Gasteiger partial charge is 0.356 e. The van der Waals surface area contributed by atoms with E-state index in [1.165, 1.54) is 23.0 Å². The van der Waals surface area contributed by atoms with Crippen LogP contribution in [0.4, 0.5) is 8.78 Å². The normalized spacial score (nSPS) is 15.1. The van der Waals surface area contributed by atoms with E-state index in [-0.39, 0.29) is 18.0 Å². The van der Waals surface area contributed by atoms with Gasteiger partial charge < -0.3 is 10.0 Å². The Hall–Kier alpha value is -2.81. The van der Waals surface area contributed by atoms with Gasteiger partial charge in [0.25, 0.3) is 0 Å². The number of hydrogen-bond donors (Lipinski definition) is 1. The van der Waals surface area contributed by atoms with Gasteiger partial charge in [-0.2, -0.15) is 5.10 Å². The van der Waals surface area contributed by atoms with Gasteiger partial charge >= 0.3 is 5.97 Å². The fourth-order valence-corrected chi connectivity index (χ4v) is 3.04. The summed E-state index contributed by atoms with van der Waals surface area (Å²) in [4.78, 5) is 26.8. The zero-order valence-electron chi connectivity index (χ0n) is 14.6. The Bertz CT molecular complexity index is 832. The summed E-state index contributed by atoms with van der Waals surface area (Å²) in [5, 5.41) is 12.7. The van der Waals surface area contributed by atoms with Crippen molar-refractivity contribution in [3.63, 3.8) is 0 Å². The molecule has 2 heterocycles. The second-order valence-electron chi connectivity index (χ2n) is 6.39. The SMILES string of the molecule is O=C(O)c1ccn(CCC(=O)N2CCN(Cc3cccc(F)c3F)CC2)n1. The number of piperazine rings is 1. The number of aryl methyl sites for hydroxylation is 1. The maximum absolute atomic E-state index is 13.8. The molecule has 0 unspecified atom stereocenters. The lowest BCUT2D eigenvalue weighted by molar-refractivity contribution is -0.133. The Kier molecular flexibility index (Phi) is 5.80. The molecule has 1 aromatic carbocycles. The first-order valence-electron chi connectivity index (χ1n) is 8.64. The summed E-state index contributed by atoms with van der Waals surface area (Å²) in [7, 11) is 0. The van der Waals surface area contributed by atoms with E-state index in [1.54, 1.807) is 11.0 Å². The van der Waals surface area contributed by atoms with Crippen LogP contribution in [-0.2, 0) is 17.9 Å². The average molecular weight is 378 g/mol. The van der Waals surface area contributed by atoms with Crippen LogP contribution in [0.2, 0.25) is 0 Å². The van der Waals surface area contributed by atoms with Gasteiger partial charge in [-0.25, -0.2) is 13.6 Å². The molecule has 144 valence electrons. The molecule has 1 saturated heterocycles. The third-order valence-corrected chi connectivity index (χ3v) is 4.57. The number of aromatic nitrogens is 2. The minimum atomic E-state index is -1.11. The number of carbonyl (C=O) groups is 2. The van der Waals surface area contributed by atoms with Crippen LogP contribution >= 0.6 is 0 Å². The maximum Gasteiger partial charge on any atom is 0.356 e. The van der Waals surface area contributed by atoms with Gasteiger partial charge in [-0.05, 0) is 12.1 Å². The number of carboxylic acid groups (broad SMARTS) is 1. The molecule has 0 radical (unpaired) electrons. The number of hydrogen-bond acceptors (Lipinski definition) is 4. The molecule has 0 aliphatic carbocycles. The van der Waals surface area contributed by atoms with Crippen molar-refractivity contribution >= 4 is 11.9 Å². The molecule has 3 rings (SSSR count). The largest absolute Gasteiger partial charge is 0.476 e. The van der Waals surface area contributed by atoms with Crippen LogP contribution in [0.5, 0.6) is 0 Å². The predicted molar refractivity (Wildman–Crippen MR) is 92.0 cm³/mol. The first-order valence-corrected chi connectivity index (χ1v) is 8.64. The number of aromatic carboxylic acids is 1. The molecular weight excluding hydrogens is 358 g/mol. The molecule has 1 aliphatic rings. The van der Waals surface area contributed by atoms with Crippen molar-refractivity contribution in [2.24, 2.45) is 0 Å². The fraction of sp³-hybridized carbons (Fsp3) is 0.389. The second kappa shape index (κ2) is 8.26. The Labute approximate surface area is 154 Å². The standard InChI is InChI=1S/C18H20F2N4O3/c19-14-3-1-2-13(17(14)20)12-22-8-10-23(11-9-22)16(25)5-7-24-6-4-15(21-24)18(26)27/h1-4,6H,5,7-12H2,(H,26,27). The van der Waals surface area contributed by atoms with Crippen LogP contribution in [-0.4, -0.2) is 62.7 Å². The Balaban J connectivity index is 1.46. The van der Waals surface area contributed by atoms with Gasteiger partial charge in [0, 0.05) is 57.4 Å². The van der Waals surface area contributed by atoms with Crippen molar-refractivity contribution in [3.8, 4) is 0 Å². The molecular formula is C18H20F2N4O3. The number of rotatable bonds is 6. The zero-order valence-corrected chi connectivity index (χ0v) is 14.6. The van der Waals surface area contributed by atoms with Crippen LogP contribution in [0, 0.1) is 11.6 Å². The molecule has 0 bridgehead atoms. The van der Waals surface area contributed by atoms with Gasteiger partial charge in [-0.3, -0.25) is 14.4 Å². The van der Waals surface area contributed by atoms with E-state index in [0.717, 1.165) is 6.07 Å². The number of benzene rings is 1. The van der Waals surface area contributed by atoms with E-state index in [4.69, 9.17) is 5.11 Å². The van der Waals surface area contributed by atoms with E-state index in [2.05, 4.69) is 5.10 Å². The van der Waals surface area contributed by atoms with Crippen LogP contribution in [0.1, 0.15) is 22.5 Å². The minimum Gasteiger partial charge on any atom is -0.476 e. The highest BCUT2D eigenvalue weighted by Crippen LogP contribution is 2.15. The van der Waals surface area contributed by atoms with Gasteiger partial charge in [-0.1, -0.05) is 12.1 Å². The van der Waals surface area contributed by atoms with E-state index in [0.29, 0.717) is 44.8 Å². The zero-order chi connectivity index (χ0) is 19.4. The second-order valence-corrected chi connectivity index (χ2v) is 6.39. The van der Waals surface area contributed by atoms with Crippen molar-refractivity contribution in [3.05, 3.63) is 53.4 Å². The van der Waals surface area contributed by atoms with Gasteiger partial charge in [0.2, 0.25) is 5.91 Å². The van der Waals surface area contributed by atoms with Crippen molar-refractivity contribution in [1.82, 2.24) is 19.6 Å². The lowest BCUT2D eigenvalue weighted by atomic mass is 10.1. The van der Waals surface area contributed by atoms with Gasteiger partial charge in [0.1, 0.15) is 0 Å². The van der Waals surface area contributed by atoms with Crippen molar-refractivity contribution < 1.29 is 23.5 Å². The number of amides is 1. The molecule has 0 saturated carbocycles. The van der Waals surface area contributed by atoms with Gasteiger partial charge in [0.05, 0.1) is 0 Å². The molecule has 0 spiro atoms. The maximum atomic E-state index is 13.8. The minimum absolute atomic E-state index is 0.0426. The highest BCUT2D eigenvalue weighted by molar-refractivity contribution is 5.85. The molecule has 1 N–H and O–H groups in total. The summed E-state index contributed by atoms with van der Waals surface area (Å²) in [5.74, 6) is -2.83. The van der Waals surface area contributed by atoms with Crippen LogP contribution in [0.25, 0.3) is 0 Å². The summed E-state index contributed by atoms with van der Waals surface area (Å²) >= 11 is 0. The van der Waals surface area contributed by atoms with Crippen LogP contribution < -0.4 is 0 Å². The van der Waals surface area contributed by atoms with Crippen LogP contribution in [0.15, 0.2) is 30.5 Å². The summed E-state index contributed by atoms with van der Waals surface area (Å²) in [5.41, 5.74) is 0.253. The Morgan fingerprint density at radius 2 is 1.85 bits per heavy atom. The third kappa shape index (κ3) is 4.68. The van der Waals surface area contributed by atoms with E-state index in [1.807, 2.05) is 4.90 Å². The monoisotopic (exact) mass is 378 g/mol. The van der Waals surface area contributed by atoms with Gasteiger partial charge in [0.15, 0.2) is 17.3 Å². The molecule has 2 aromatic rings. The highest BCUT2D eigenvalue weighted by Gasteiger charge is 2.22. The summed E-state index contributed by atoms with van der Waals surface area (Å²) in [6, 6.07) is 5.52. The Morgan fingerprint density at radius 3 is 2.52 bits per heavy atom. The number of nitrogens with zero attached hydrogens (tertiary/aromatic N) is 4. The number of halogens is 2. The summed E-state index contributed by atoms with van der Waals surface area (Å²) < 4.78 is 28.5. The molecule has 7 nitrogen and oxygen atoms in total. The van der Waals surface area contributed by atoms with E-state index in [9.17, 15) is 18.4 Å². The highest BCUT2D eigenvalue weighted by atomic mass is 19.2. The molecule has 9 heteroatoms.